The first-order valence-electron chi connectivity index (χ1n) is 4.03. The average Bonchev–Trinajstić information content (AvgIpc) is 2.08. The van der Waals surface area contributed by atoms with E-state index in [9.17, 15) is 0 Å². The van der Waals surface area contributed by atoms with Gasteiger partial charge in [0, 0.05) is 0 Å². The van der Waals surface area contributed by atoms with Crippen molar-refractivity contribution < 1.29 is 0 Å². The Kier molecular flexibility index (Phi) is 4.19. The van der Waals surface area contributed by atoms with Crippen molar-refractivity contribution in [3.8, 4) is 0 Å². The van der Waals surface area contributed by atoms with E-state index in [0.29, 0.717) is 0 Å². The Morgan fingerprint density at radius 2 is 1.73 bits per heavy atom. The van der Waals surface area contributed by atoms with E-state index in [1.165, 1.54) is 0 Å². The van der Waals surface area contributed by atoms with Crippen LogP contribution in [0.2, 0.25) is 0 Å². The molecule has 0 spiro atoms. The molecule has 1 rings (SSSR count). The van der Waals surface area contributed by atoms with Crippen LogP contribution in [0.25, 0.3) is 0 Å². The molecule has 0 aromatic carbocycles. The van der Waals surface area contributed by atoms with Crippen LogP contribution < -0.4 is 0 Å². The molecule has 0 bridgehead atoms. The smallest absolute Gasteiger partial charge is 0.0163 e. The molecule has 1 aliphatic rings. The topological polar surface area (TPSA) is 0 Å². The summed E-state index contributed by atoms with van der Waals surface area (Å²) in [7, 11) is 0. The fourth-order valence-electron chi connectivity index (χ4n) is 0.875. The van der Waals surface area contributed by atoms with E-state index in [4.69, 9.17) is 0 Å². The molecular weight excluding hydrogens is 132 g/mol. The van der Waals surface area contributed by atoms with Gasteiger partial charge in [0.05, 0.1) is 0 Å². The van der Waals surface area contributed by atoms with Gasteiger partial charge in [0.2, 0.25) is 0 Å². The Morgan fingerprint density at radius 1 is 0.909 bits per heavy atom. The number of hydrogen-bond donors (Lipinski definition) is 0. The fourth-order valence-corrected chi connectivity index (χ4v) is 0.875. The molecule has 0 aliphatic heterocycles. The van der Waals surface area contributed by atoms with Crippen LogP contribution in [0.1, 0.15) is 19.3 Å². The summed E-state index contributed by atoms with van der Waals surface area (Å²) in [5.41, 5.74) is 0. The Balaban J connectivity index is 2.47. The van der Waals surface area contributed by atoms with Crippen LogP contribution in [-0.2, 0) is 0 Å². The quantitative estimate of drug-likeness (QED) is 0.491. The lowest BCUT2D eigenvalue weighted by molar-refractivity contribution is 1.03. The highest BCUT2D eigenvalue weighted by Crippen LogP contribution is 1.96. The third-order valence-corrected chi connectivity index (χ3v) is 1.46. The lowest BCUT2D eigenvalue weighted by Crippen LogP contribution is -1.63. The maximum atomic E-state index is 3.19. The van der Waals surface area contributed by atoms with Gasteiger partial charge in [0.15, 0.2) is 0 Å². The second-order valence-corrected chi connectivity index (χ2v) is 2.43. The standard InChI is InChI=1S/C11H13/c1-2-4-6-8-10-11-9-7-5-3-1/h1-4,7,9,11H,5-6,8H2/b3-1-,4-2+,9-7+,11-10?. The van der Waals surface area contributed by atoms with Gasteiger partial charge in [-0.15, -0.1) is 0 Å². The Bertz CT molecular complexity index is 170. The van der Waals surface area contributed by atoms with E-state index >= 15 is 0 Å². The van der Waals surface area contributed by atoms with Gasteiger partial charge in [-0.05, 0) is 25.3 Å². The summed E-state index contributed by atoms with van der Waals surface area (Å²) in [6, 6.07) is 0. The van der Waals surface area contributed by atoms with Crippen LogP contribution in [0, 0.1) is 6.08 Å². The zero-order valence-corrected chi connectivity index (χ0v) is 6.66. The minimum atomic E-state index is 1.02. The maximum absolute atomic E-state index is 3.19. The highest BCUT2D eigenvalue weighted by atomic mass is 13.8. The molecule has 0 unspecified atom stereocenters. The molecule has 0 nitrogen and oxygen atoms in total. The molecule has 11 heavy (non-hydrogen) atoms. The highest BCUT2D eigenvalue weighted by Gasteiger charge is 1.76. The minimum Gasteiger partial charge on any atom is -0.0842 e. The lowest BCUT2D eigenvalue weighted by atomic mass is 10.2. The maximum Gasteiger partial charge on any atom is -0.0163 e. The second-order valence-electron chi connectivity index (χ2n) is 2.43. The van der Waals surface area contributed by atoms with Crippen LogP contribution in [0.5, 0.6) is 0 Å². The first kappa shape index (κ1) is 8.06. The molecule has 0 aromatic rings. The van der Waals surface area contributed by atoms with E-state index in [2.05, 4.69) is 42.5 Å². The molecule has 0 atom stereocenters. The lowest BCUT2D eigenvalue weighted by Gasteiger charge is -1.81. The molecule has 0 amide bonds. The van der Waals surface area contributed by atoms with E-state index < -0.39 is 0 Å². The normalized spacial score (nSPS) is 29.8. The third-order valence-electron chi connectivity index (χ3n) is 1.46. The van der Waals surface area contributed by atoms with E-state index in [1.54, 1.807) is 0 Å². The molecule has 57 valence electrons. The number of allylic oxidation sites excluding steroid dienone is 8. The second kappa shape index (κ2) is 5.72. The average molecular weight is 145 g/mol. The zero-order chi connectivity index (χ0) is 7.78. The zero-order valence-electron chi connectivity index (χ0n) is 6.66. The predicted molar refractivity (Wildman–Crippen MR) is 49.1 cm³/mol. The van der Waals surface area contributed by atoms with Crippen molar-refractivity contribution in [1.29, 1.82) is 0 Å². The van der Waals surface area contributed by atoms with Crippen molar-refractivity contribution in [2.24, 2.45) is 0 Å². The summed E-state index contributed by atoms with van der Waals surface area (Å²) in [5.74, 6) is 0. The van der Waals surface area contributed by atoms with E-state index in [1.807, 2.05) is 6.08 Å². The van der Waals surface area contributed by atoms with Crippen LogP contribution in [0.15, 0.2) is 42.5 Å². The van der Waals surface area contributed by atoms with Crippen molar-refractivity contribution in [3.05, 3.63) is 48.6 Å². The summed E-state index contributed by atoms with van der Waals surface area (Å²) in [5, 5.41) is 0. The molecule has 0 N–H and O–H groups in total. The van der Waals surface area contributed by atoms with Gasteiger partial charge in [0.25, 0.3) is 0 Å². The first-order valence-corrected chi connectivity index (χ1v) is 4.03. The Hall–Kier alpha value is -1.04. The van der Waals surface area contributed by atoms with Gasteiger partial charge in [0.1, 0.15) is 0 Å². The summed E-state index contributed by atoms with van der Waals surface area (Å²) >= 11 is 0. The summed E-state index contributed by atoms with van der Waals surface area (Å²) in [6.45, 7) is 0. The number of hydrogen-bond acceptors (Lipinski definition) is 0. The SMILES string of the molecule is [C]1=C\C=C\C/C=C\C=C\CC/1. The van der Waals surface area contributed by atoms with Gasteiger partial charge in [-0.3, -0.25) is 0 Å². The molecule has 0 aromatic heterocycles. The van der Waals surface area contributed by atoms with Crippen LogP contribution in [-0.4, -0.2) is 0 Å². The summed E-state index contributed by atoms with van der Waals surface area (Å²) in [6.07, 6.45) is 21.0. The molecule has 1 aliphatic carbocycles. The largest absolute Gasteiger partial charge is 0.0842 e. The van der Waals surface area contributed by atoms with Gasteiger partial charge in [-0.25, -0.2) is 0 Å². The molecule has 0 saturated carbocycles. The summed E-state index contributed by atoms with van der Waals surface area (Å²) in [4.78, 5) is 0. The third kappa shape index (κ3) is 4.38. The van der Waals surface area contributed by atoms with E-state index in [0.717, 1.165) is 19.3 Å². The molecule has 1 radical (unpaired) electrons. The Morgan fingerprint density at radius 3 is 2.73 bits per heavy atom. The molecule has 0 heterocycles. The first-order chi connectivity index (χ1) is 5.50. The monoisotopic (exact) mass is 145 g/mol. The van der Waals surface area contributed by atoms with E-state index in [-0.39, 0.29) is 0 Å². The van der Waals surface area contributed by atoms with Crippen molar-refractivity contribution in [2.45, 2.75) is 19.3 Å². The number of rotatable bonds is 0. The Labute approximate surface area is 68.6 Å². The van der Waals surface area contributed by atoms with Crippen LogP contribution >= 0.6 is 0 Å². The van der Waals surface area contributed by atoms with Crippen molar-refractivity contribution in [1.82, 2.24) is 0 Å². The molecule has 0 heteroatoms. The molecular formula is C11H13. The van der Waals surface area contributed by atoms with Crippen molar-refractivity contribution in [2.75, 3.05) is 0 Å². The fraction of sp³-hybridized carbons (Fsp3) is 0.273. The van der Waals surface area contributed by atoms with Gasteiger partial charge < -0.3 is 0 Å². The predicted octanol–water partition coefficient (Wildman–Crippen LogP) is 3.20. The van der Waals surface area contributed by atoms with Gasteiger partial charge in [-0.2, -0.15) is 0 Å². The van der Waals surface area contributed by atoms with Crippen molar-refractivity contribution in [3.63, 3.8) is 0 Å². The van der Waals surface area contributed by atoms with Crippen LogP contribution in [0.3, 0.4) is 0 Å². The molecule has 0 saturated heterocycles. The summed E-state index contributed by atoms with van der Waals surface area (Å²) < 4.78 is 0. The minimum absolute atomic E-state index is 1.02. The van der Waals surface area contributed by atoms with Crippen molar-refractivity contribution >= 4 is 0 Å². The van der Waals surface area contributed by atoms with Gasteiger partial charge in [-0.1, -0.05) is 42.5 Å². The molecule has 0 fully saturated rings. The van der Waals surface area contributed by atoms with Crippen LogP contribution in [0.4, 0.5) is 0 Å². The highest BCUT2D eigenvalue weighted by molar-refractivity contribution is 5.08. The van der Waals surface area contributed by atoms with Gasteiger partial charge >= 0.3 is 0 Å².